The van der Waals surface area contributed by atoms with E-state index in [1.165, 1.54) is 24.1 Å². The van der Waals surface area contributed by atoms with Crippen LogP contribution < -0.4 is 5.32 Å². The summed E-state index contributed by atoms with van der Waals surface area (Å²) in [7, 11) is 0. The summed E-state index contributed by atoms with van der Waals surface area (Å²) in [4.78, 5) is 4.38. The molecule has 3 rings (SSSR count). The molecule has 0 radical (unpaired) electrons. The first kappa shape index (κ1) is 12.4. The van der Waals surface area contributed by atoms with Gasteiger partial charge in [0.1, 0.15) is 0 Å². The van der Waals surface area contributed by atoms with Crippen LogP contribution in [0.1, 0.15) is 49.5 Å². The Kier molecular flexibility index (Phi) is 3.65. The van der Waals surface area contributed by atoms with E-state index >= 15 is 0 Å². The van der Waals surface area contributed by atoms with Gasteiger partial charge in [0.15, 0.2) is 0 Å². The number of hydrogen-bond donors (Lipinski definition) is 1. The molecule has 1 aliphatic heterocycles. The molecule has 1 aromatic heterocycles. The molecular formula is C16H21N3. The molecule has 1 fully saturated rings. The molecule has 0 aliphatic carbocycles. The van der Waals surface area contributed by atoms with Gasteiger partial charge in [-0.25, -0.2) is 4.98 Å². The van der Waals surface area contributed by atoms with Gasteiger partial charge in [-0.15, -0.1) is 0 Å². The first-order chi connectivity index (χ1) is 9.40. The van der Waals surface area contributed by atoms with E-state index in [1.54, 1.807) is 0 Å². The van der Waals surface area contributed by atoms with Crippen molar-refractivity contribution in [2.75, 3.05) is 6.54 Å². The third-order valence-corrected chi connectivity index (χ3v) is 4.02. The third kappa shape index (κ3) is 2.43. The molecule has 100 valence electrons. The second kappa shape index (κ2) is 5.57. The Hall–Kier alpha value is -1.61. The van der Waals surface area contributed by atoms with Crippen LogP contribution >= 0.6 is 0 Å². The monoisotopic (exact) mass is 255 g/mol. The van der Waals surface area contributed by atoms with Crippen LogP contribution in [-0.4, -0.2) is 16.1 Å². The van der Waals surface area contributed by atoms with Crippen LogP contribution in [0, 0.1) is 0 Å². The molecule has 2 unspecified atom stereocenters. The van der Waals surface area contributed by atoms with E-state index in [2.05, 4.69) is 52.1 Å². The average molecular weight is 255 g/mol. The number of benzene rings is 1. The highest BCUT2D eigenvalue weighted by Gasteiger charge is 2.23. The van der Waals surface area contributed by atoms with Gasteiger partial charge in [0.25, 0.3) is 0 Å². The molecule has 1 aromatic carbocycles. The van der Waals surface area contributed by atoms with Crippen LogP contribution in [0.2, 0.25) is 0 Å². The summed E-state index contributed by atoms with van der Waals surface area (Å²) in [6.07, 6.45) is 7.57. The van der Waals surface area contributed by atoms with Gasteiger partial charge in [0, 0.05) is 12.2 Å². The van der Waals surface area contributed by atoms with Crippen LogP contribution in [0.25, 0.3) is 0 Å². The lowest BCUT2D eigenvalue weighted by Crippen LogP contribution is -2.19. The first-order valence-electron chi connectivity index (χ1n) is 7.20. The molecule has 0 saturated carbocycles. The Bertz CT molecular complexity index is 512. The Morgan fingerprint density at radius 2 is 2.21 bits per heavy atom. The summed E-state index contributed by atoms with van der Waals surface area (Å²) < 4.78 is 2.35. The van der Waals surface area contributed by atoms with Gasteiger partial charge in [0.05, 0.1) is 18.1 Å². The smallest absolute Gasteiger partial charge is 0.0954 e. The number of nitrogens with zero attached hydrogens (tertiary/aromatic N) is 2. The van der Waals surface area contributed by atoms with E-state index in [0.29, 0.717) is 12.1 Å². The fourth-order valence-corrected chi connectivity index (χ4v) is 3.05. The Labute approximate surface area is 114 Å². The molecule has 3 heteroatoms. The molecule has 0 spiro atoms. The summed E-state index contributed by atoms with van der Waals surface area (Å²) >= 11 is 0. The minimum absolute atomic E-state index is 0.390. The van der Waals surface area contributed by atoms with Gasteiger partial charge in [-0.3, -0.25) is 0 Å². The van der Waals surface area contributed by atoms with Crippen molar-refractivity contribution in [1.82, 2.24) is 14.9 Å². The molecule has 19 heavy (non-hydrogen) atoms. The van der Waals surface area contributed by atoms with E-state index in [9.17, 15) is 0 Å². The second-order valence-electron chi connectivity index (χ2n) is 5.21. The predicted octanol–water partition coefficient (Wildman–Crippen LogP) is 3.31. The van der Waals surface area contributed by atoms with Gasteiger partial charge < -0.3 is 9.88 Å². The Balaban J connectivity index is 1.94. The SMILES string of the molecule is CCC(c1ccccc1)n1cncc1C1CCCN1. The van der Waals surface area contributed by atoms with E-state index in [4.69, 9.17) is 0 Å². The standard InChI is InChI=1S/C16H21N3/c1-2-15(13-7-4-3-5-8-13)19-12-17-11-16(19)14-9-6-10-18-14/h3-5,7-8,11-12,14-15,18H,2,6,9-10H2,1H3. The van der Waals surface area contributed by atoms with Crippen molar-refractivity contribution in [2.24, 2.45) is 0 Å². The number of rotatable bonds is 4. The second-order valence-corrected chi connectivity index (χ2v) is 5.21. The topological polar surface area (TPSA) is 29.9 Å². The highest BCUT2D eigenvalue weighted by Crippen LogP contribution is 2.29. The van der Waals surface area contributed by atoms with Crippen molar-refractivity contribution in [3.63, 3.8) is 0 Å². The molecule has 2 atom stereocenters. The molecule has 1 aliphatic rings. The lowest BCUT2D eigenvalue weighted by atomic mass is 10.0. The van der Waals surface area contributed by atoms with E-state index in [0.717, 1.165) is 13.0 Å². The van der Waals surface area contributed by atoms with Crippen molar-refractivity contribution in [1.29, 1.82) is 0 Å². The maximum Gasteiger partial charge on any atom is 0.0954 e. The third-order valence-electron chi connectivity index (χ3n) is 4.02. The molecule has 2 heterocycles. The minimum atomic E-state index is 0.390. The number of aromatic nitrogens is 2. The van der Waals surface area contributed by atoms with Crippen molar-refractivity contribution in [3.8, 4) is 0 Å². The number of hydrogen-bond acceptors (Lipinski definition) is 2. The summed E-state index contributed by atoms with van der Waals surface area (Å²) in [6.45, 7) is 3.36. The predicted molar refractivity (Wildman–Crippen MR) is 77.1 cm³/mol. The quantitative estimate of drug-likeness (QED) is 0.908. The minimum Gasteiger partial charge on any atom is -0.326 e. The zero-order valence-electron chi connectivity index (χ0n) is 11.4. The Morgan fingerprint density at radius 1 is 1.37 bits per heavy atom. The molecule has 1 N–H and O–H groups in total. The molecule has 1 saturated heterocycles. The van der Waals surface area contributed by atoms with Gasteiger partial charge in [-0.1, -0.05) is 37.3 Å². The van der Waals surface area contributed by atoms with Crippen LogP contribution in [0.15, 0.2) is 42.9 Å². The normalized spacial score (nSPS) is 20.6. The first-order valence-corrected chi connectivity index (χ1v) is 7.20. The van der Waals surface area contributed by atoms with E-state index < -0.39 is 0 Å². The van der Waals surface area contributed by atoms with Crippen molar-refractivity contribution < 1.29 is 0 Å². The molecule has 0 amide bonds. The molecule has 0 bridgehead atoms. The lowest BCUT2D eigenvalue weighted by molar-refractivity contribution is 0.504. The molecular weight excluding hydrogens is 234 g/mol. The lowest BCUT2D eigenvalue weighted by Gasteiger charge is -2.22. The fraction of sp³-hybridized carbons (Fsp3) is 0.438. The fourth-order valence-electron chi connectivity index (χ4n) is 3.05. The average Bonchev–Trinajstić information content (AvgIpc) is 3.11. The van der Waals surface area contributed by atoms with E-state index in [-0.39, 0.29) is 0 Å². The highest BCUT2D eigenvalue weighted by molar-refractivity contribution is 5.22. The molecule has 3 nitrogen and oxygen atoms in total. The van der Waals surface area contributed by atoms with Gasteiger partial charge in [-0.05, 0) is 31.4 Å². The number of imidazole rings is 1. The summed E-state index contributed by atoms with van der Waals surface area (Å²) in [5.74, 6) is 0. The molecule has 2 aromatic rings. The zero-order chi connectivity index (χ0) is 13.1. The van der Waals surface area contributed by atoms with Gasteiger partial charge in [-0.2, -0.15) is 0 Å². The van der Waals surface area contributed by atoms with Gasteiger partial charge >= 0.3 is 0 Å². The van der Waals surface area contributed by atoms with Crippen molar-refractivity contribution in [2.45, 2.75) is 38.3 Å². The van der Waals surface area contributed by atoms with Gasteiger partial charge in [0.2, 0.25) is 0 Å². The summed E-state index contributed by atoms with van der Waals surface area (Å²) in [6, 6.07) is 11.6. The maximum atomic E-state index is 4.38. The highest BCUT2D eigenvalue weighted by atomic mass is 15.1. The summed E-state index contributed by atoms with van der Waals surface area (Å²) in [5.41, 5.74) is 2.69. The van der Waals surface area contributed by atoms with Crippen LogP contribution in [0.3, 0.4) is 0 Å². The van der Waals surface area contributed by atoms with Crippen LogP contribution in [0.5, 0.6) is 0 Å². The van der Waals surface area contributed by atoms with Crippen molar-refractivity contribution in [3.05, 3.63) is 54.1 Å². The number of nitrogens with one attached hydrogen (secondary N) is 1. The maximum absolute atomic E-state index is 4.38. The summed E-state index contributed by atoms with van der Waals surface area (Å²) in [5, 5.41) is 3.57. The Morgan fingerprint density at radius 3 is 2.89 bits per heavy atom. The van der Waals surface area contributed by atoms with Crippen LogP contribution in [-0.2, 0) is 0 Å². The van der Waals surface area contributed by atoms with Crippen molar-refractivity contribution >= 4 is 0 Å². The van der Waals surface area contributed by atoms with Crippen LogP contribution in [0.4, 0.5) is 0 Å². The van der Waals surface area contributed by atoms with E-state index in [1.807, 2.05) is 12.5 Å². The largest absolute Gasteiger partial charge is 0.326 e. The zero-order valence-corrected chi connectivity index (χ0v) is 11.4.